The molecule has 0 atom stereocenters. The maximum Gasteiger partial charge on any atom is 0.434 e. The predicted molar refractivity (Wildman–Crippen MR) is 135 cm³/mol. The van der Waals surface area contributed by atoms with Crippen molar-refractivity contribution in [2.24, 2.45) is 4.99 Å². The van der Waals surface area contributed by atoms with Gasteiger partial charge in [0.1, 0.15) is 0 Å². The fraction of sp³-hybridized carbons (Fsp3) is 0.360. The van der Waals surface area contributed by atoms with E-state index in [0.717, 1.165) is 54.2 Å². The second-order valence-electron chi connectivity index (χ2n) is 8.18. The van der Waals surface area contributed by atoms with Gasteiger partial charge in [0.25, 0.3) is 0 Å². The van der Waals surface area contributed by atoms with Crippen molar-refractivity contribution in [1.82, 2.24) is 20.1 Å². The number of nitrogens with one attached hydrogen (secondary N) is 1. The molecule has 0 unspecified atom stereocenters. The summed E-state index contributed by atoms with van der Waals surface area (Å²) in [4.78, 5) is 12.3. The third kappa shape index (κ3) is 6.88. The van der Waals surface area contributed by atoms with E-state index in [-0.39, 0.29) is 10.6 Å². The predicted octanol–water partition coefficient (Wildman–Crippen LogP) is 4.94. The van der Waals surface area contributed by atoms with Gasteiger partial charge in [-0.1, -0.05) is 37.4 Å². The summed E-state index contributed by atoms with van der Waals surface area (Å²) in [7, 11) is 2.07. The molecule has 5 nitrogen and oxygen atoms in total. The average molecular weight is 490 g/mol. The van der Waals surface area contributed by atoms with Gasteiger partial charge in [-0.15, -0.1) is 11.3 Å². The molecule has 1 aromatic carbocycles. The van der Waals surface area contributed by atoms with Crippen molar-refractivity contribution in [3.63, 3.8) is 0 Å². The highest BCUT2D eigenvalue weighted by atomic mass is 32.1. The number of halogens is 3. The number of piperazine rings is 1. The molecule has 182 valence electrons. The molecular weight excluding hydrogens is 459 g/mol. The van der Waals surface area contributed by atoms with Crippen LogP contribution < -0.4 is 5.32 Å². The zero-order valence-electron chi connectivity index (χ0n) is 19.4. The second kappa shape index (κ2) is 11.6. The third-order valence-electron chi connectivity index (χ3n) is 5.67. The summed E-state index contributed by atoms with van der Waals surface area (Å²) in [6.45, 7) is 15.9. The van der Waals surface area contributed by atoms with E-state index >= 15 is 0 Å². The number of aliphatic imine (C=N–C) groups is 1. The highest BCUT2D eigenvalue weighted by molar-refractivity contribution is 7.12. The molecule has 2 aromatic rings. The lowest BCUT2D eigenvalue weighted by Gasteiger charge is -2.32. The van der Waals surface area contributed by atoms with E-state index in [4.69, 9.17) is 0 Å². The van der Waals surface area contributed by atoms with Crippen molar-refractivity contribution < 1.29 is 13.2 Å². The van der Waals surface area contributed by atoms with Crippen molar-refractivity contribution in [3.8, 4) is 0 Å². The Bertz CT molecular complexity index is 1050. The molecule has 9 heteroatoms. The Hall–Kier alpha value is -2.75. The van der Waals surface area contributed by atoms with Gasteiger partial charge in [-0.2, -0.15) is 13.2 Å². The van der Waals surface area contributed by atoms with Gasteiger partial charge >= 0.3 is 6.18 Å². The van der Waals surface area contributed by atoms with Gasteiger partial charge in [0.05, 0.1) is 9.88 Å². The van der Waals surface area contributed by atoms with Crippen LogP contribution >= 0.6 is 11.3 Å². The molecular formula is C25H30F3N5S. The minimum absolute atomic E-state index is 0.0413. The Labute approximate surface area is 203 Å². The van der Waals surface area contributed by atoms with Gasteiger partial charge in [0.15, 0.2) is 5.69 Å². The largest absolute Gasteiger partial charge is 0.434 e. The van der Waals surface area contributed by atoms with Crippen molar-refractivity contribution in [3.05, 3.63) is 76.4 Å². The van der Waals surface area contributed by atoms with Crippen LogP contribution in [-0.4, -0.2) is 61.3 Å². The quantitative estimate of drug-likeness (QED) is 0.379. The Kier molecular flexibility index (Phi) is 8.82. The zero-order valence-corrected chi connectivity index (χ0v) is 20.2. The molecule has 34 heavy (non-hydrogen) atoms. The molecule has 1 aliphatic heterocycles. The Morgan fingerprint density at radius 3 is 2.65 bits per heavy atom. The molecule has 3 rings (SSSR count). The molecule has 0 saturated carbocycles. The van der Waals surface area contributed by atoms with Gasteiger partial charge in [0, 0.05) is 57.6 Å². The number of benzene rings is 1. The maximum atomic E-state index is 13.7. The SMILES string of the molecule is C=C/C(=C\N=C)c1cccc(CNC(=C)c2sc(CCN3CCN(C)CC3)nc2C(F)(F)F)c1. The number of rotatable bonds is 10. The summed E-state index contributed by atoms with van der Waals surface area (Å²) in [5, 5.41) is 3.52. The van der Waals surface area contributed by atoms with E-state index in [1.54, 1.807) is 12.3 Å². The highest BCUT2D eigenvalue weighted by Gasteiger charge is 2.38. The number of aromatic nitrogens is 1. The van der Waals surface area contributed by atoms with Gasteiger partial charge in [0.2, 0.25) is 0 Å². The molecule has 0 bridgehead atoms. The van der Waals surface area contributed by atoms with Crippen LogP contribution in [0.2, 0.25) is 0 Å². The van der Waals surface area contributed by atoms with Crippen molar-refractivity contribution >= 4 is 29.3 Å². The lowest BCUT2D eigenvalue weighted by Crippen LogP contribution is -2.45. The number of hydrogen-bond donors (Lipinski definition) is 1. The Morgan fingerprint density at radius 2 is 2.00 bits per heavy atom. The van der Waals surface area contributed by atoms with Crippen molar-refractivity contribution in [2.45, 2.75) is 19.1 Å². The average Bonchev–Trinajstić information content (AvgIpc) is 3.26. The number of thiazole rings is 1. The summed E-state index contributed by atoms with van der Waals surface area (Å²) in [5.41, 5.74) is 1.94. The standard InChI is InChI=1S/C25H30F3N5S/c1-5-20(17-29-3)21-8-6-7-19(15-21)16-30-18(2)23-24(25(26,27)28)31-22(34-23)9-10-33-13-11-32(4)12-14-33/h5-8,15,17,30H,1-3,9-14,16H2,4H3/b20-17+. The monoisotopic (exact) mass is 489 g/mol. The number of likely N-dealkylation sites (N-methyl/N-ethyl adjacent to an activating group) is 1. The van der Waals surface area contributed by atoms with Crippen molar-refractivity contribution in [2.75, 3.05) is 39.8 Å². The molecule has 0 aliphatic carbocycles. The van der Waals surface area contributed by atoms with Gasteiger partial charge in [-0.05, 0) is 36.5 Å². The number of alkyl halides is 3. The lowest BCUT2D eigenvalue weighted by molar-refractivity contribution is -0.141. The number of nitrogens with zero attached hydrogens (tertiary/aromatic N) is 4. The van der Waals surface area contributed by atoms with E-state index in [0.29, 0.717) is 24.5 Å². The zero-order chi connectivity index (χ0) is 24.7. The summed E-state index contributed by atoms with van der Waals surface area (Å²) in [6, 6.07) is 7.61. The first-order chi connectivity index (χ1) is 16.2. The van der Waals surface area contributed by atoms with Crippen LogP contribution in [-0.2, 0) is 19.1 Å². The van der Waals surface area contributed by atoms with Crippen LogP contribution in [0, 0.1) is 0 Å². The normalized spacial score (nSPS) is 15.8. The van der Waals surface area contributed by atoms with Crippen molar-refractivity contribution in [1.29, 1.82) is 0 Å². The van der Waals surface area contributed by atoms with Crippen LogP contribution in [0.5, 0.6) is 0 Å². The first kappa shape index (κ1) is 25.9. The van der Waals surface area contributed by atoms with E-state index in [1.165, 1.54) is 0 Å². The fourth-order valence-corrected chi connectivity index (χ4v) is 4.71. The molecule has 1 fully saturated rings. The summed E-state index contributed by atoms with van der Waals surface area (Å²) in [6.07, 6.45) is -0.767. The highest BCUT2D eigenvalue weighted by Crippen LogP contribution is 2.37. The van der Waals surface area contributed by atoms with Crippen LogP contribution in [0.25, 0.3) is 11.3 Å². The summed E-state index contributed by atoms with van der Waals surface area (Å²) >= 11 is 1.07. The first-order valence-electron chi connectivity index (χ1n) is 11.0. The topological polar surface area (TPSA) is 43.8 Å². The maximum absolute atomic E-state index is 13.7. The van der Waals surface area contributed by atoms with Crippen LogP contribution in [0.15, 0.2) is 54.7 Å². The molecule has 0 amide bonds. The Morgan fingerprint density at radius 1 is 1.26 bits per heavy atom. The van der Waals surface area contributed by atoms with Gasteiger partial charge in [-0.3, -0.25) is 4.99 Å². The molecule has 1 saturated heterocycles. The summed E-state index contributed by atoms with van der Waals surface area (Å²) in [5.74, 6) is 0. The second-order valence-corrected chi connectivity index (χ2v) is 9.27. The minimum Gasteiger partial charge on any atom is -0.380 e. The smallest absolute Gasteiger partial charge is 0.380 e. The molecule has 1 aromatic heterocycles. The third-order valence-corrected chi connectivity index (χ3v) is 6.84. The van der Waals surface area contributed by atoms with E-state index in [9.17, 15) is 13.2 Å². The van der Waals surface area contributed by atoms with E-state index < -0.39 is 11.9 Å². The molecule has 0 radical (unpaired) electrons. The summed E-state index contributed by atoms with van der Waals surface area (Å²) < 4.78 is 41.1. The molecule has 2 heterocycles. The van der Waals surface area contributed by atoms with Crippen LogP contribution in [0.3, 0.4) is 0 Å². The minimum atomic E-state index is -4.54. The van der Waals surface area contributed by atoms with Crippen LogP contribution in [0.1, 0.15) is 26.7 Å². The molecule has 0 spiro atoms. The lowest BCUT2D eigenvalue weighted by atomic mass is 10.0. The molecule has 1 N–H and O–H groups in total. The number of hydrogen-bond acceptors (Lipinski definition) is 6. The van der Waals surface area contributed by atoms with Crippen LogP contribution in [0.4, 0.5) is 13.2 Å². The van der Waals surface area contributed by atoms with E-state index in [2.05, 4.69) is 52.0 Å². The first-order valence-corrected chi connectivity index (χ1v) is 11.8. The Balaban J connectivity index is 1.69. The molecule has 1 aliphatic rings. The van der Waals surface area contributed by atoms with Gasteiger partial charge < -0.3 is 15.1 Å². The fourth-order valence-electron chi connectivity index (χ4n) is 3.69. The van der Waals surface area contributed by atoms with Gasteiger partial charge in [-0.25, -0.2) is 4.98 Å². The number of allylic oxidation sites excluding steroid dienone is 2. The van der Waals surface area contributed by atoms with E-state index in [1.807, 2.05) is 24.3 Å².